The van der Waals surface area contributed by atoms with Crippen molar-refractivity contribution in [2.75, 3.05) is 0 Å². The van der Waals surface area contributed by atoms with Gasteiger partial charge in [0, 0.05) is 33.2 Å². The first-order chi connectivity index (χ1) is 30.4. The molecule has 11 rings (SSSR count). The van der Waals surface area contributed by atoms with E-state index in [-0.39, 0.29) is 53.2 Å². The van der Waals surface area contributed by atoms with Crippen molar-refractivity contribution in [2.24, 2.45) is 0 Å². The lowest BCUT2D eigenvalue weighted by Crippen LogP contribution is -2.74. The highest BCUT2D eigenvalue weighted by molar-refractivity contribution is 7.19. The maximum atomic E-state index is 10.4. The van der Waals surface area contributed by atoms with E-state index in [1.165, 1.54) is 0 Å². The highest BCUT2D eigenvalue weighted by atomic mass is 28.3. The summed E-state index contributed by atoms with van der Waals surface area (Å²) in [6.45, 7) is 0. The molecule has 0 aliphatic rings. The van der Waals surface area contributed by atoms with Crippen LogP contribution in [0.5, 0.6) is 0 Å². The Balaban J connectivity index is 1.31. The number of hydrogen-bond acceptors (Lipinski definition) is 2. The third-order valence-electron chi connectivity index (χ3n) is 11.1. The molecule has 0 saturated heterocycles. The minimum atomic E-state index is -3.58. The van der Waals surface area contributed by atoms with Crippen LogP contribution in [-0.4, -0.2) is 27.2 Å². The molecule has 3 aromatic heterocycles. The highest BCUT2D eigenvalue weighted by Gasteiger charge is 2.41. The van der Waals surface area contributed by atoms with Crippen molar-refractivity contribution in [3.63, 3.8) is 0 Å². The SMILES string of the molecule is [2H]c1c(-n2c3ccccc3c3ccccc32)nc(-c2c([2H])c([2H])c([2H])c([Si](c3ccccc3)(c3ccccc3)c3ccccc3)c2[2H])nc1-n1c2ccccc2c2ccccc21. The van der Waals surface area contributed by atoms with Crippen molar-refractivity contribution >= 4 is 72.4 Å². The summed E-state index contributed by atoms with van der Waals surface area (Å²) < 4.78 is 53.4. The summed E-state index contributed by atoms with van der Waals surface area (Å²) in [5, 5.41) is 7.12. The summed E-state index contributed by atoms with van der Waals surface area (Å²) in [4.78, 5) is 10.5. The molecule has 0 saturated carbocycles. The molecule has 57 heavy (non-hydrogen) atoms. The van der Waals surface area contributed by atoms with E-state index in [0.29, 0.717) is 5.19 Å². The number of nitrogens with zero attached hydrogens (tertiary/aromatic N) is 4. The molecule has 0 atom stereocenters. The first kappa shape index (κ1) is 28.1. The number of para-hydroxylation sites is 4. The predicted molar refractivity (Wildman–Crippen MR) is 240 cm³/mol. The van der Waals surface area contributed by atoms with Gasteiger partial charge in [-0.1, -0.05) is 188 Å². The highest BCUT2D eigenvalue weighted by Crippen LogP contribution is 2.35. The molecule has 0 radical (unpaired) electrons. The molecule has 4 nitrogen and oxygen atoms in total. The van der Waals surface area contributed by atoms with Gasteiger partial charge in [-0.15, -0.1) is 0 Å². The first-order valence-corrected chi connectivity index (χ1v) is 21.0. The maximum Gasteiger partial charge on any atom is 0.179 e. The largest absolute Gasteiger partial charge is 0.294 e. The van der Waals surface area contributed by atoms with E-state index in [1.54, 1.807) is 0 Å². The molecule has 0 aliphatic carbocycles. The number of fused-ring (bicyclic) bond motifs is 6. The van der Waals surface area contributed by atoms with Crippen LogP contribution in [0.15, 0.2) is 218 Å². The maximum absolute atomic E-state index is 10.4. The summed E-state index contributed by atoms with van der Waals surface area (Å²) in [7, 11) is -3.58. The average molecular weight is 750 g/mol. The topological polar surface area (TPSA) is 35.6 Å². The van der Waals surface area contributed by atoms with Crippen molar-refractivity contribution in [1.82, 2.24) is 19.1 Å². The standard InChI is InChI=1S/C52H36N4Si/c1-4-20-38(21-5-1)57(39-22-6-2-7-23-39,40-24-8-3-9-25-40)41-26-18-19-37(35-41)52-53-50(55-46-31-14-10-27-42(46)43-28-11-15-32-47(43)55)36-51(54-52)56-48-33-16-12-29-44(48)45-30-13-17-34-49(45)56/h1-36H/i18D,19D,26D,35D,36D. The zero-order valence-corrected chi connectivity index (χ0v) is 31.7. The molecule has 0 fully saturated rings. The van der Waals surface area contributed by atoms with Crippen molar-refractivity contribution in [3.05, 3.63) is 218 Å². The van der Waals surface area contributed by atoms with Crippen LogP contribution in [0.3, 0.4) is 0 Å². The molecule has 11 aromatic rings. The minimum Gasteiger partial charge on any atom is -0.294 e. The van der Waals surface area contributed by atoms with Crippen molar-refractivity contribution in [2.45, 2.75) is 0 Å². The molecule has 8 aromatic carbocycles. The van der Waals surface area contributed by atoms with Gasteiger partial charge in [0.2, 0.25) is 0 Å². The summed E-state index contributed by atoms with van der Waals surface area (Å²) in [5.41, 5.74) is 3.38. The van der Waals surface area contributed by atoms with E-state index in [1.807, 2.05) is 137 Å². The molecule has 0 bridgehead atoms. The Hall–Kier alpha value is -7.34. The Morgan fingerprint density at radius 3 is 1.11 bits per heavy atom. The second kappa shape index (κ2) is 13.4. The fourth-order valence-electron chi connectivity index (χ4n) is 8.65. The molecule has 3 heterocycles. The molecule has 0 aliphatic heterocycles. The van der Waals surface area contributed by atoms with Crippen LogP contribution in [-0.2, 0) is 0 Å². The van der Waals surface area contributed by atoms with Crippen LogP contribution in [0, 0.1) is 0 Å². The third kappa shape index (κ3) is 5.20. The Labute approximate surface area is 338 Å². The van der Waals surface area contributed by atoms with Gasteiger partial charge in [-0.05, 0) is 45.0 Å². The van der Waals surface area contributed by atoms with Crippen LogP contribution in [0.4, 0.5) is 0 Å². The Kier molecular flexibility index (Phi) is 6.63. The second-order valence-corrected chi connectivity index (χ2v) is 17.9. The number of hydrogen-bond donors (Lipinski definition) is 0. The van der Waals surface area contributed by atoms with Crippen molar-refractivity contribution < 1.29 is 6.85 Å². The molecule has 0 unspecified atom stereocenters. The van der Waals surface area contributed by atoms with Gasteiger partial charge in [0.15, 0.2) is 13.9 Å². The third-order valence-corrected chi connectivity index (χ3v) is 15.7. The van der Waals surface area contributed by atoms with Gasteiger partial charge in [-0.25, -0.2) is 9.97 Å². The molecular formula is C52H36N4Si. The fraction of sp³-hybridized carbons (Fsp3) is 0. The summed E-state index contributed by atoms with van der Waals surface area (Å²) in [5.74, 6) is 0.559. The smallest absolute Gasteiger partial charge is 0.179 e. The summed E-state index contributed by atoms with van der Waals surface area (Å²) in [6.07, 6.45) is 0. The van der Waals surface area contributed by atoms with Gasteiger partial charge in [0.05, 0.1) is 28.9 Å². The van der Waals surface area contributed by atoms with E-state index < -0.39 is 8.07 Å². The van der Waals surface area contributed by atoms with E-state index in [9.17, 15) is 6.85 Å². The van der Waals surface area contributed by atoms with Gasteiger partial charge in [0.1, 0.15) is 11.6 Å². The predicted octanol–water partition coefficient (Wildman–Crippen LogP) is 9.72. The van der Waals surface area contributed by atoms with E-state index in [4.69, 9.17) is 9.97 Å². The van der Waals surface area contributed by atoms with Gasteiger partial charge < -0.3 is 0 Å². The van der Waals surface area contributed by atoms with Gasteiger partial charge >= 0.3 is 0 Å². The van der Waals surface area contributed by atoms with Crippen molar-refractivity contribution in [3.8, 4) is 23.0 Å². The monoisotopic (exact) mass is 749 g/mol. The van der Waals surface area contributed by atoms with Crippen molar-refractivity contribution in [1.29, 1.82) is 0 Å². The van der Waals surface area contributed by atoms with E-state index in [0.717, 1.165) is 59.2 Å². The van der Waals surface area contributed by atoms with Crippen LogP contribution >= 0.6 is 0 Å². The lowest BCUT2D eigenvalue weighted by Gasteiger charge is -2.34. The molecule has 0 spiro atoms. The average Bonchev–Trinajstić information content (AvgIpc) is 3.84. The Morgan fingerprint density at radius 1 is 0.368 bits per heavy atom. The lowest BCUT2D eigenvalue weighted by atomic mass is 10.2. The normalized spacial score (nSPS) is 13.1. The molecule has 268 valence electrons. The zero-order valence-electron chi connectivity index (χ0n) is 35.7. The van der Waals surface area contributed by atoms with Gasteiger partial charge in [-0.3, -0.25) is 9.13 Å². The second-order valence-electron chi connectivity index (χ2n) is 14.2. The molecule has 0 amide bonds. The van der Waals surface area contributed by atoms with Crippen LogP contribution in [0.1, 0.15) is 6.85 Å². The first-order valence-electron chi connectivity index (χ1n) is 21.5. The Bertz CT molecular complexity index is 3200. The van der Waals surface area contributed by atoms with Gasteiger partial charge in [-0.2, -0.15) is 0 Å². The fourth-order valence-corrected chi connectivity index (χ4v) is 13.2. The number of rotatable bonds is 7. The Morgan fingerprint density at radius 2 is 0.719 bits per heavy atom. The number of aromatic nitrogens is 4. The zero-order chi connectivity index (χ0) is 42.1. The lowest BCUT2D eigenvalue weighted by molar-refractivity contribution is 0.994. The van der Waals surface area contributed by atoms with Crippen LogP contribution in [0.25, 0.3) is 66.6 Å². The minimum absolute atomic E-state index is 0.0246. The van der Waals surface area contributed by atoms with Crippen LogP contribution in [0.2, 0.25) is 0 Å². The van der Waals surface area contributed by atoms with E-state index >= 15 is 0 Å². The number of benzene rings is 8. The molecular weight excluding hydrogens is 709 g/mol. The van der Waals surface area contributed by atoms with Gasteiger partial charge in [0.25, 0.3) is 0 Å². The van der Waals surface area contributed by atoms with Crippen LogP contribution < -0.4 is 20.7 Å². The molecule has 0 N–H and O–H groups in total. The van der Waals surface area contributed by atoms with E-state index in [2.05, 4.69) is 60.7 Å². The molecule has 5 heteroatoms. The summed E-state index contributed by atoms with van der Waals surface area (Å²) >= 11 is 0. The quantitative estimate of drug-likeness (QED) is 0.120. The summed E-state index contributed by atoms with van der Waals surface area (Å²) in [6, 6.07) is 61.3.